The highest BCUT2D eigenvalue weighted by Gasteiger charge is 2.24. The SMILES string of the molecule is C/C(=C\C(=O)N1CCOC(c2ccccc2)C1)c1ccccc1. The monoisotopic (exact) mass is 307 g/mol. The minimum atomic E-state index is -0.0423. The van der Waals surface area contributed by atoms with Crippen LogP contribution < -0.4 is 0 Å². The number of hydrogen-bond acceptors (Lipinski definition) is 2. The van der Waals surface area contributed by atoms with Gasteiger partial charge < -0.3 is 9.64 Å². The molecule has 0 bridgehead atoms. The molecule has 0 spiro atoms. The fraction of sp³-hybridized carbons (Fsp3) is 0.250. The molecule has 23 heavy (non-hydrogen) atoms. The first-order chi connectivity index (χ1) is 11.2. The average Bonchev–Trinajstić information content (AvgIpc) is 2.63. The maximum atomic E-state index is 12.6. The Labute approximate surface area is 137 Å². The molecule has 1 aliphatic heterocycles. The standard InChI is InChI=1S/C20H21NO2/c1-16(17-8-4-2-5-9-17)14-20(22)21-12-13-23-19(15-21)18-10-6-3-7-11-18/h2-11,14,19H,12-13,15H2,1H3/b16-14+. The molecule has 1 fully saturated rings. The molecule has 2 aromatic carbocycles. The third kappa shape index (κ3) is 3.88. The van der Waals surface area contributed by atoms with Gasteiger partial charge in [0.2, 0.25) is 5.91 Å². The predicted octanol–water partition coefficient (Wildman–Crippen LogP) is 3.69. The molecule has 3 rings (SSSR count). The number of hydrogen-bond donors (Lipinski definition) is 0. The molecule has 1 amide bonds. The largest absolute Gasteiger partial charge is 0.370 e. The lowest BCUT2D eigenvalue weighted by Gasteiger charge is -2.32. The molecule has 0 aliphatic carbocycles. The number of benzene rings is 2. The molecule has 0 radical (unpaired) electrons. The summed E-state index contributed by atoms with van der Waals surface area (Å²) in [6.45, 7) is 3.79. The lowest BCUT2D eigenvalue weighted by Crippen LogP contribution is -2.41. The van der Waals surface area contributed by atoms with E-state index >= 15 is 0 Å². The van der Waals surface area contributed by atoms with E-state index in [1.165, 1.54) is 0 Å². The molecule has 1 aliphatic rings. The fourth-order valence-electron chi connectivity index (χ4n) is 2.78. The fourth-order valence-corrected chi connectivity index (χ4v) is 2.78. The smallest absolute Gasteiger partial charge is 0.247 e. The number of morpholine rings is 1. The van der Waals surface area contributed by atoms with Gasteiger partial charge in [0, 0.05) is 12.6 Å². The maximum Gasteiger partial charge on any atom is 0.247 e. The summed E-state index contributed by atoms with van der Waals surface area (Å²) in [5.41, 5.74) is 3.18. The molecule has 2 aromatic rings. The quantitative estimate of drug-likeness (QED) is 0.809. The van der Waals surface area contributed by atoms with Crippen LogP contribution in [0.25, 0.3) is 5.57 Å². The normalized spacial score (nSPS) is 18.7. The van der Waals surface area contributed by atoms with Crippen molar-refractivity contribution >= 4 is 11.5 Å². The van der Waals surface area contributed by atoms with Gasteiger partial charge in [0.05, 0.1) is 13.2 Å². The van der Waals surface area contributed by atoms with Gasteiger partial charge in [-0.3, -0.25) is 4.79 Å². The molecule has 0 N–H and O–H groups in total. The third-order valence-electron chi connectivity index (χ3n) is 4.12. The minimum Gasteiger partial charge on any atom is -0.370 e. The Kier molecular flexibility index (Phi) is 4.89. The summed E-state index contributed by atoms with van der Waals surface area (Å²) in [5, 5.41) is 0. The number of allylic oxidation sites excluding steroid dienone is 1. The van der Waals surface area contributed by atoms with E-state index in [-0.39, 0.29) is 12.0 Å². The molecule has 0 saturated carbocycles. The first kappa shape index (κ1) is 15.5. The van der Waals surface area contributed by atoms with Crippen LogP contribution in [0.5, 0.6) is 0 Å². The van der Waals surface area contributed by atoms with Crippen LogP contribution in [0.1, 0.15) is 24.2 Å². The van der Waals surface area contributed by atoms with Crippen LogP contribution in [-0.2, 0) is 9.53 Å². The molecule has 3 heteroatoms. The van der Waals surface area contributed by atoms with Gasteiger partial charge in [-0.05, 0) is 23.6 Å². The zero-order chi connectivity index (χ0) is 16.1. The minimum absolute atomic E-state index is 0.0423. The summed E-state index contributed by atoms with van der Waals surface area (Å²) in [6.07, 6.45) is 1.68. The van der Waals surface area contributed by atoms with Crippen LogP contribution >= 0.6 is 0 Å². The maximum absolute atomic E-state index is 12.6. The molecular weight excluding hydrogens is 286 g/mol. The number of ether oxygens (including phenoxy) is 1. The van der Waals surface area contributed by atoms with Crippen molar-refractivity contribution in [3.8, 4) is 0 Å². The van der Waals surface area contributed by atoms with Gasteiger partial charge in [-0.25, -0.2) is 0 Å². The van der Waals surface area contributed by atoms with Crippen molar-refractivity contribution in [2.45, 2.75) is 13.0 Å². The zero-order valence-electron chi connectivity index (χ0n) is 13.3. The summed E-state index contributed by atoms with van der Waals surface area (Å²) < 4.78 is 5.82. The van der Waals surface area contributed by atoms with Gasteiger partial charge in [0.1, 0.15) is 6.10 Å². The summed E-state index contributed by atoms with van der Waals surface area (Å²) in [6, 6.07) is 20.1. The lowest BCUT2D eigenvalue weighted by atomic mass is 10.1. The average molecular weight is 307 g/mol. The second-order valence-electron chi connectivity index (χ2n) is 5.75. The summed E-state index contributed by atoms with van der Waals surface area (Å²) in [4.78, 5) is 14.4. The van der Waals surface area contributed by atoms with E-state index in [0.29, 0.717) is 19.7 Å². The van der Waals surface area contributed by atoms with Gasteiger partial charge in [-0.2, -0.15) is 0 Å². The Hall–Kier alpha value is -2.39. The highest BCUT2D eigenvalue weighted by Crippen LogP contribution is 2.22. The van der Waals surface area contributed by atoms with E-state index < -0.39 is 0 Å². The van der Waals surface area contributed by atoms with Crippen molar-refractivity contribution in [1.29, 1.82) is 0 Å². The Bertz CT molecular complexity index is 679. The highest BCUT2D eigenvalue weighted by molar-refractivity contribution is 5.94. The van der Waals surface area contributed by atoms with Gasteiger partial charge in [0.25, 0.3) is 0 Å². The molecule has 1 heterocycles. The molecule has 0 aromatic heterocycles. The van der Waals surface area contributed by atoms with Crippen molar-refractivity contribution in [3.63, 3.8) is 0 Å². The van der Waals surface area contributed by atoms with Gasteiger partial charge in [-0.1, -0.05) is 60.7 Å². The molecule has 3 nitrogen and oxygen atoms in total. The number of carbonyl (C=O) groups is 1. The van der Waals surface area contributed by atoms with Crippen molar-refractivity contribution in [1.82, 2.24) is 4.90 Å². The molecule has 1 saturated heterocycles. The molecule has 1 atom stereocenters. The number of nitrogens with zero attached hydrogens (tertiary/aromatic N) is 1. The van der Waals surface area contributed by atoms with Crippen LogP contribution in [0.3, 0.4) is 0 Å². The number of amides is 1. The van der Waals surface area contributed by atoms with Crippen LogP contribution in [0, 0.1) is 0 Å². The molecular formula is C20H21NO2. The summed E-state index contributed by atoms with van der Waals surface area (Å²) >= 11 is 0. The topological polar surface area (TPSA) is 29.5 Å². The Balaban J connectivity index is 1.70. The summed E-state index contributed by atoms with van der Waals surface area (Å²) in [7, 11) is 0. The zero-order valence-corrected chi connectivity index (χ0v) is 13.3. The van der Waals surface area contributed by atoms with Crippen LogP contribution in [0.2, 0.25) is 0 Å². The van der Waals surface area contributed by atoms with E-state index in [9.17, 15) is 4.79 Å². The van der Waals surface area contributed by atoms with Crippen molar-refractivity contribution in [2.75, 3.05) is 19.7 Å². The Morgan fingerprint density at radius 2 is 1.74 bits per heavy atom. The van der Waals surface area contributed by atoms with E-state index in [2.05, 4.69) is 0 Å². The lowest BCUT2D eigenvalue weighted by molar-refractivity contribution is -0.133. The third-order valence-corrected chi connectivity index (χ3v) is 4.12. The summed E-state index contributed by atoms with van der Waals surface area (Å²) in [5.74, 6) is 0.0515. The van der Waals surface area contributed by atoms with Gasteiger partial charge >= 0.3 is 0 Å². The first-order valence-corrected chi connectivity index (χ1v) is 7.93. The molecule has 1 unspecified atom stereocenters. The predicted molar refractivity (Wildman–Crippen MR) is 91.8 cm³/mol. The van der Waals surface area contributed by atoms with Gasteiger partial charge in [-0.15, -0.1) is 0 Å². The molecule has 118 valence electrons. The highest BCUT2D eigenvalue weighted by atomic mass is 16.5. The second kappa shape index (κ2) is 7.25. The van der Waals surface area contributed by atoms with E-state index in [0.717, 1.165) is 16.7 Å². The van der Waals surface area contributed by atoms with Gasteiger partial charge in [0.15, 0.2) is 0 Å². The number of carbonyl (C=O) groups excluding carboxylic acids is 1. The van der Waals surface area contributed by atoms with E-state index in [1.54, 1.807) is 6.08 Å². The van der Waals surface area contributed by atoms with Crippen molar-refractivity contribution in [3.05, 3.63) is 77.9 Å². The Morgan fingerprint density at radius 1 is 1.09 bits per heavy atom. The Morgan fingerprint density at radius 3 is 2.43 bits per heavy atom. The number of rotatable bonds is 3. The first-order valence-electron chi connectivity index (χ1n) is 7.93. The van der Waals surface area contributed by atoms with Crippen molar-refractivity contribution in [2.24, 2.45) is 0 Å². The van der Waals surface area contributed by atoms with E-state index in [1.807, 2.05) is 72.5 Å². The van der Waals surface area contributed by atoms with Crippen LogP contribution in [0.15, 0.2) is 66.7 Å². The second-order valence-corrected chi connectivity index (χ2v) is 5.75. The van der Waals surface area contributed by atoms with Crippen LogP contribution in [-0.4, -0.2) is 30.5 Å². The van der Waals surface area contributed by atoms with E-state index in [4.69, 9.17) is 4.74 Å². The van der Waals surface area contributed by atoms with Crippen molar-refractivity contribution < 1.29 is 9.53 Å². The van der Waals surface area contributed by atoms with Crippen LogP contribution in [0.4, 0.5) is 0 Å².